The number of carbonyl (C=O) groups excluding carboxylic acids is 1. The van der Waals surface area contributed by atoms with Gasteiger partial charge in [-0.25, -0.2) is 8.42 Å². The van der Waals surface area contributed by atoms with E-state index < -0.39 is 21.3 Å². The maximum atomic E-state index is 11.8. The molecule has 11 heteroatoms. The molecule has 2 heterocycles. The van der Waals surface area contributed by atoms with Crippen molar-refractivity contribution in [2.45, 2.75) is 23.1 Å². The summed E-state index contributed by atoms with van der Waals surface area (Å²) in [7, 11) is -1.39. The Labute approximate surface area is 131 Å². The van der Waals surface area contributed by atoms with Crippen LogP contribution in [0.4, 0.5) is 0 Å². The number of hydrogen-bond acceptors (Lipinski definition) is 7. The van der Waals surface area contributed by atoms with Crippen LogP contribution in [0, 0.1) is 0 Å². The van der Waals surface area contributed by atoms with Crippen LogP contribution in [0.25, 0.3) is 0 Å². The van der Waals surface area contributed by atoms with Gasteiger partial charge in [0.25, 0.3) is 0 Å². The number of sulfone groups is 1. The second kappa shape index (κ2) is 6.51. The summed E-state index contributed by atoms with van der Waals surface area (Å²) < 4.78 is 24.5. The van der Waals surface area contributed by atoms with Gasteiger partial charge in [-0.3, -0.25) is 4.79 Å². The number of amides is 1. The molecule has 0 aliphatic carbocycles. The Kier molecular flexibility index (Phi) is 5.12. The number of nitrogens with two attached hydrogens (primary N) is 1. The molecule has 8 nitrogen and oxygen atoms in total. The van der Waals surface area contributed by atoms with Crippen LogP contribution in [0.1, 0.15) is 5.82 Å². The molecule has 0 spiro atoms. The first-order valence-electron chi connectivity index (χ1n) is 6.17. The van der Waals surface area contributed by atoms with E-state index in [1.54, 1.807) is 11.6 Å². The van der Waals surface area contributed by atoms with Crippen molar-refractivity contribution in [1.82, 2.24) is 20.1 Å². The van der Waals surface area contributed by atoms with Crippen LogP contribution in [-0.2, 0) is 28.2 Å². The molecule has 2 rings (SSSR count). The summed E-state index contributed by atoms with van der Waals surface area (Å²) in [6.45, 7) is 0.268. The molecule has 1 aromatic heterocycles. The number of hydrogen-bond donors (Lipinski definition) is 2. The Bertz CT molecular complexity index is 633. The third kappa shape index (κ3) is 4.09. The molecule has 0 bridgehead atoms. The van der Waals surface area contributed by atoms with Crippen molar-refractivity contribution in [3.8, 4) is 0 Å². The number of nitrogens with zero attached hydrogens (tertiary/aromatic N) is 3. The van der Waals surface area contributed by atoms with Gasteiger partial charge in [-0.1, -0.05) is 11.8 Å². The highest BCUT2D eigenvalue weighted by Crippen LogP contribution is 2.19. The highest BCUT2D eigenvalue weighted by molar-refractivity contribution is 7.99. The smallest absolute Gasteiger partial charge is 0.230 e. The average molecular weight is 354 g/mol. The van der Waals surface area contributed by atoms with Crippen molar-refractivity contribution in [2.24, 2.45) is 12.8 Å². The fourth-order valence-corrected chi connectivity index (χ4v) is 5.25. The first-order chi connectivity index (χ1) is 9.82. The zero-order chi connectivity index (χ0) is 15.6. The van der Waals surface area contributed by atoms with Gasteiger partial charge in [-0.2, -0.15) is 0 Å². The van der Waals surface area contributed by atoms with Gasteiger partial charge < -0.3 is 15.6 Å². The predicted molar refractivity (Wildman–Crippen MR) is 79.8 cm³/mol. The fraction of sp³-hybridized carbons (Fsp3) is 0.700. The Morgan fingerprint density at radius 1 is 1.52 bits per heavy atom. The molecule has 21 heavy (non-hydrogen) atoms. The van der Waals surface area contributed by atoms with E-state index in [1.807, 2.05) is 0 Å². The third-order valence-corrected chi connectivity index (χ3v) is 6.47. The summed E-state index contributed by atoms with van der Waals surface area (Å²) in [6, 6.07) is -0.538. The van der Waals surface area contributed by atoms with Gasteiger partial charge in [0.05, 0.1) is 35.2 Å². The Morgan fingerprint density at radius 3 is 2.76 bits per heavy atom. The van der Waals surface area contributed by atoms with E-state index in [0.717, 1.165) is 0 Å². The molecule has 0 saturated carbocycles. The Balaban J connectivity index is 1.86. The van der Waals surface area contributed by atoms with Gasteiger partial charge in [-0.15, -0.1) is 21.8 Å². The maximum absolute atomic E-state index is 11.8. The minimum Gasteiger partial charge on any atom is -0.350 e. The summed E-state index contributed by atoms with van der Waals surface area (Å²) >= 11 is 7.14. The van der Waals surface area contributed by atoms with Gasteiger partial charge in [0.1, 0.15) is 5.82 Å². The van der Waals surface area contributed by atoms with Gasteiger partial charge in [0.15, 0.2) is 15.0 Å². The Morgan fingerprint density at radius 2 is 2.24 bits per heavy atom. The molecule has 0 aromatic carbocycles. The van der Waals surface area contributed by atoms with E-state index >= 15 is 0 Å². The van der Waals surface area contributed by atoms with Crippen molar-refractivity contribution in [2.75, 3.05) is 17.3 Å². The summed E-state index contributed by atoms with van der Waals surface area (Å²) in [6.07, 6.45) is 0. The third-order valence-electron chi connectivity index (χ3n) is 3.07. The molecular formula is C10H16ClN5O3S2. The van der Waals surface area contributed by atoms with E-state index in [4.69, 9.17) is 17.3 Å². The van der Waals surface area contributed by atoms with Crippen molar-refractivity contribution >= 4 is 39.1 Å². The highest BCUT2D eigenvalue weighted by atomic mass is 35.5. The molecule has 2 atom stereocenters. The number of thioether (sulfide) groups is 1. The van der Waals surface area contributed by atoms with Crippen LogP contribution in [0.5, 0.6) is 0 Å². The van der Waals surface area contributed by atoms with Crippen molar-refractivity contribution < 1.29 is 13.2 Å². The number of alkyl halides is 1. The summed E-state index contributed by atoms with van der Waals surface area (Å²) in [5.74, 6) is 0.233. The average Bonchev–Trinajstić information content (AvgIpc) is 2.87. The minimum absolute atomic E-state index is 0.101. The van der Waals surface area contributed by atoms with E-state index in [1.165, 1.54) is 11.8 Å². The molecule has 1 aliphatic rings. The monoisotopic (exact) mass is 353 g/mol. The number of carbonyl (C=O) groups is 1. The van der Waals surface area contributed by atoms with Crippen molar-refractivity contribution in [1.29, 1.82) is 0 Å². The lowest BCUT2D eigenvalue weighted by molar-refractivity contribution is -0.119. The maximum Gasteiger partial charge on any atom is 0.230 e. The van der Waals surface area contributed by atoms with Gasteiger partial charge in [0, 0.05) is 7.05 Å². The lowest BCUT2D eigenvalue weighted by Crippen LogP contribution is -2.41. The molecule has 3 N–H and O–H groups in total. The molecule has 1 amide bonds. The fourth-order valence-electron chi connectivity index (χ4n) is 1.96. The molecule has 1 saturated heterocycles. The molecule has 1 aliphatic heterocycles. The predicted octanol–water partition coefficient (Wildman–Crippen LogP) is -1.11. The molecule has 1 fully saturated rings. The van der Waals surface area contributed by atoms with E-state index in [9.17, 15) is 13.2 Å². The SMILES string of the molecule is Cn1c(CN)nnc1SCC(=O)NC1CS(=O)(=O)CC1Cl. The summed E-state index contributed by atoms with van der Waals surface area (Å²) in [5, 5.41) is 10.4. The van der Waals surface area contributed by atoms with Crippen LogP contribution < -0.4 is 11.1 Å². The second-order valence-corrected chi connectivity index (χ2v) is 8.37. The second-order valence-electron chi connectivity index (χ2n) is 4.72. The zero-order valence-electron chi connectivity index (χ0n) is 11.3. The molecule has 118 valence electrons. The number of halogens is 1. The number of aromatic nitrogens is 3. The van der Waals surface area contributed by atoms with Gasteiger partial charge in [0.2, 0.25) is 5.91 Å². The first kappa shape index (κ1) is 16.5. The standard InChI is InChI=1S/C10H16ClN5O3S2/c1-16-8(2-12)14-15-10(16)20-3-9(17)13-7-5-21(18,19)4-6(7)11/h6-7H,2-5,12H2,1H3,(H,13,17). The quantitative estimate of drug-likeness (QED) is 0.508. The number of rotatable bonds is 5. The molecule has 2 unspecified atom stereocenters. The number of nitrogens with one attached hydrogen (secondary N) is 1. The molecule has 0 radical (unpaired) electrons. The first-order valence-corrected chi connectivity index (χ1v) is 9.41. The molecule has 1 aromatic rings. The largest absolute Gasteiger partial charge is 0.350 e. The highest BCUT2D eigenvalue weighted by Gasteiger charge is 2.37. The van der Waals surface area contributed by atoms with Crippen LogP contribution in [-0.4, -0.2) is 57.8 Å². The lowest BCUT2D eigenvalue weighted by atomic mass is 10.2. The summed E-state index contributed by atoms with van der Waals surface area (Å²) in [4.78, 5) is 11.8. The van der Waals surface area contributed by atoms with E-state index in [2.05, 4.69) is 15.5 Å². The zero-order valence-corrected chi connectivity index (χ0v) is 13.7. The topological polar surface area (TPSA) is 120 Å². The van der Waals surface area contributed by atoms with Gasteiger partial charge in [-0.05, 0) is 0 Å². The minimum atomic E-state index is -3.16. The normalized spacial score (nSPS) is 24.1. The van der Waals surface area contributed by atoms with Crippen LogP contribution in [0.15, 0.2) is 5.16 Å². The Hall–Kier alpha value is -0.840. The molecular weight excluding hydrogens is 338 g/mol. The van der Waals surface area contributed by atoms with Gasteiger partial charge >= 0.3 is 0 Å². The van der Waals surface area contributed by atoms with Crippen LogP contribution >= 0.6 is 23.4 Å². The summed E-state index contributed by atoms with van der Waals surface area (Å²) in [5.41, 5.74) is 5.49. The van der Waals surface area contributed by atoms with Crippen LogP contribution in [0.3, 0.4) is 0 Å². The lowest BCUT2D eigenvalue weighted by Gasteiger charge is -2.13. The van der Waals surface area contributed by atoms with E-state index in [0.29, 0.717) is 11.0 Å². The van der Waals surface area contributed by atoms with Crippen LogP contribution in [0.2, 0.25) is 0 Å². The van der Waals surface area contributed by atoms with Crippen molar-refractivity contribution in [3.63, 3.8) is 0 Å². The van der Waals surface area contributed by atoms with Crippen molar-refractivity contribution in [3.05, 3.63) is 5.82 Å². The van der Waals surface area contributed by atoms with E-state index in [-0.39, 0.29) is 29.7 Å².